The summed E-state index contributed by atoms with van der Waals surface area (Å²) in [5.41, 5.74) is 8.71. The maximum absolute atomic E-state index is 6.45. The predicted molar refractivity (Wildman–Crippen MR) is 91.8 cm³/mol. The van der Waals surface area contributed by atoms with Crippen molar-refractivity contribution in [2.24, 2.45) is 5.73 Å². The Bertz CT molecular complexity index is 751. The van der Waals surface area contributed by atoms with Gasteiger partial charge >= 0.3 is 0 Å². The van der Waals surface area contributed by atoms with Gasteiger partial charge in [0.25, 0.3) is 0 Å². The van der Waals surface area contributed by atoms with Gasteiger partial charge in [-0.2, -0.15) is 0 Å². The Kier molecular flexibility index (Phi) is 3.92. The Morgan fingerprint density at radius 2 is 1.40 bits per heavy atom. The summed E-state index contributed by atoms with van der Waals surface area (Å²) in [4.78, 5) is 0. The van der Waals surface area contributed by atoms with Gasteiger partial charge in [0, 0.05) is 8.95 Å². The van der Waals surface area contributed by atoms with E-state index in [4.69, 9.17) is 5.73 Å². The van der Waals surface area contributed by atoms with Gasteiger partial charge in [-0.25, -0.2) is 0 Å². The number of nitrogens with two attached hydrogens (primary N) is 1. The molecule has 0 spiro atoms. The Hall–Kier alpha value is -1.16. The van der Waals surface area contributed by atoms with Gasteiger partial charge in [-0.05, 0) is 40.1 Å². The van der Waals surface area contributed by atoms with E-state index in [1.165, 1.54) is 10.8 Å². The van der Waals surface area contributed by atoms with Crippen molar-refractivity contribution in [3.63, 3.8) is 0 Å². The lowest BCUT2D eigenvalue weighted by Crippen LogP contribution is -2.12. The first-order valence-corrected chi connectivity index (χ1v) is 7.93. The van der Waals surface area contributed by atoms with E-state index >= 15 is 0 Å². The molecule has 20 heavy (non-hydrogen) atoms. The molecule has 0 aliphatic heterocycles. The van der Waals surface area contributed by atoms with Crippen molar-refractivity contribution in [3.05, 3.63) is 80.7 Å². The predicted octanol–water partition coefficient (Wildman–Crippen LogP) is 5.41. The molecule has 1 nitrogen and oxygen atoms in total. The van der Waals surface area contributed by atoms with Crippen LogP contribution in [-0.4, -0.2) is 0 Å². The van der Waals surface area contributed by atoms with Crippen molar-refractivity contribution in [2.45, 2.75) is 6.04 Å². The van der Waals surface area contributed by atoms with Gasteiger partial charge in [0.15, 0.2) is 0 Å². The average Bonchev–Trinajstić information content (AvgIpc) is 2.48. The van der Waals surface area contributed by atoms with Crippen LogP contribution in [0.4, 0.5) is 0 Å². The largest absolute Gasteiger partial charge is 0.320 e. The molecule has 0 radical (unpaired) electrons. The van der Waals surface area contributed by atoms with Crippen LogP contribution in [0.5, 0.6) is 0 Å². The zero-order valence-electron chi connectivity index (χ0n) is 10.7. The Labute approximate surface area is 135 Å². The van der Waals surface area contributed by atoms with Crippen LogP contribution in [0.25, 0.3) is 10.8 Å². The summed E-state index contributed by atoms with van der Waals surface area (Å²) in [7, 11) is 0. The van der Waals surface area contributed by atoms with Crippen molar-refractivity contribution in [2.75, 3.05) is 0 Å². The van der Waals surface area contributed by atoms with E-state index in [0.29, 0.717) is 0 Å². The zero-order valence-corrected chi connectivity index (χ0v) is 13.9. The Morgan fingerprint density at radius 3 is 2.10 bits per heavy atom. The first-order valence-electron chi connectivity index (χ1n) is 6.35. The topological polar surface area (TPSA) is 26.0 Å². The van der Waals surface area contributed by atoms with E-state index in [1.807, 2.05) is 24.3 Å². The zero-order chi connectivity index (χ0) is 14.1. The van der Waals surface area contributed by atoms with Gasteiger partial charge in [0.05, 0.1) is 6.04 Å². The van der Waals surface area contributed by atoms with Crippen molar-refractivity contribution in [3.8, 4) is 0 Å². The van der Waals surface area contributed by atoms with Crippen molar-refractivity contribution < 1.29 is 0 Å². The van der Waals surface area contributed by atoms with E-state index in [-0.39, 0.29) is 6.04 Å². The van der Waals surface area contributed by atoms with Gasteiger partial charge in [0.2, 0.25) is 0 Å². The highest BCUT2D eigenvalue weighted by Gasteiger charge is 2.13. The van der Waals surface area contributed by atoms with Crippen LogP contribution in [0.2, 0.25) is 0 Å². The second kappa shape index (κ2) is 5.68. The SMILES string of the molecule is NC(c1ccc(Br)cc1)c1ccc(Br)c2ccccc12. The molecule has 0 heterocycles. The number of rotatable bonds is 2. The highest BCUT2D eigenvalue weighted by Crippen LogP contribution is 2.32. The molecule has 0 saturated heterocycles. The Balaban J connectivity index is 2.14. The lowest BCUT2D eigenvalue weighted by molar-refractivity contribution is 0.880. The third-order valence-corrected chi connectivity index (χ3v) is 4.69. The molecule has 3 rings (SSSR count). The van der Waals surface area contributed by atoms with Crippen molar-refractivity contribution >= 4 is 42.6 Å². The minimum Gasteiger partial charge on any atom is -0.320 e. The van der Waals surface area contributed by atoms with E-state index < -0.39 is 0 Å². The number of hydrogen-bond acceptors (Lipinski definition) is 1. The summed E-state index contributed by atoms with van der Waals surface area (Å²) < 4.78 is 2.16. The molecular weight excluding hydrogens is 378 g/mol. The molecule has 3 heteroatoms. The van der Waals surface area contributed by atoms with Crippen LogP contribution in [0.3, 0.4) is 0 Å². The standard InChI is InChI=1S/C17H13Br2N/c18-12-7-5-11(6-8-12)17(20)15-9-10-16(19)14-4-2-1-3-13(14)15/h1-10,17H,20H2. The molecule has 3 aromatic rings. The molecule has 0 aliphatic carbocycles. The van der Waals surface area contributed by atoms with Crippen LogP contribution >= 0.6 is 31.9 Å². The summed E-state index contributed by atoms with van der Waals surface area (Å²) >= 11 is 7.05. The summed E-state index contributed by atoms with van der Waals surface area (Å²) in [5, 5.41) is 2.38. The second-order valence-corrected chi connectivity index (χ2v) is 6.48. The number of fused-ring (bicyclic) bond motifs is 1. The Morgan fingerprint density at radius 1 is 0.750 bits per heavy atom. The lowest BCUT2D eigenvalue weighted by Gasteiger charge is -2.16. The molecule has 0 bridgehead atoms. The van der Waals surface area contributed by atoms with Crippen LogP contribution in [0.1, 0.15) is 17.2 Å². The van der Waals surface area contributed by atoms with Gasteiger partial charge < -0.3 is 5.73 Å². The maximum Gasteiger partial charge on any atom is 0.0557 e. The first kappa shape index (κ1) is 13.8. The molecule has 0 aromatic heterocycles. The van der Waals surface area contributed by atoms with E-state index in [2.05, 4.69) is 68.3 Å². The van der Waals surface area contributed by atoms with Crippen molar-refractivity contribution in [1.29, 1.82) is 0 Å². The monoisotopic (exact) mass is 389 g/mol. The van der Waals surface area contributed by atoms with Gasteiger partial charge in [0.1, 0.15) is 0 Å². The fourth-order valence-electron chi connectivity index (χ4n) is 2.41. The summed E-state index contributed by atoms with van der Waals surface area (Å²) in [6.45, 7) is 0. The van der Waals surface area contributed by atoms with Crippen molar-refractivity contribution in [1.82, 2.24) is 0 Å². The van der Waals surface area contributed by atoms with E-state index in [1.54, 1.807) is 0 Å². The third-order valence-electron chi connectivity index (χ3n) is 3.47. The van der Waals surface area contributed by atoms with Crippen LogP contribution in [0.15, 0.2) is 69.6 Å². The van der Waals surface area contributed by atoms with Crippen LogP contribution in [0, 0.1) is 0 Å². The van der Waals surface area contributed by atoms with Crippen LogP contribution in [-0.2, 0) is 0 Å². The molecule has 0 amide bonds. The fourth-order valence-corrected chi connectivity index (χ4v) is 3.15. The molecule has 1 unspecified atom stereocenters. The number of hydrogen-bond donors (Lipinski definition) is 1. The smallest absolute Gasteiger partial charge is 0.0557 e. The molecular formula is C17H13Br2N. The molecule has 0 saturated carbocycles. The van der Waals surface area contributed by atoms with E-state index in [0.717, 1.165) is 20.1 Å². The third kappa shape index (κ3) is 2.53. The van der Waals surface area contributed by atoms with Gasteiger partial charge in [-0.15, -0.1) is 0 Å². The molecule has 0 fully saturated rings. The maximum atomic E-state index is 6.45. The molecule has 1 atom stereocenters. The quantitative estimate of drug-likeness (QED) is 0.621. The van der Waals surface area contributed by atoms with Gasteiger partial charge in [-0.3, -0.25) is 0 Å². The normalized spacial score (nSPS) is 12.6. The highest BCUT2D eigenvalue weighted by atomic mass is 79.9. The summed E-state index contributed by atoms with van der Waals surface area (Å²) in [6, 6.07) is 20.5. The second-order valence-electron chi connectivity index (χ2n) is 4.71. The lowest BCUT2D eigenvalue weighted by atomic mass is 9.94. The number of benzene rings is 3. The fraction of sp³-hybridized carbons (Fsp3) is 0.0588. The minimum absolute atomic E-state index is 0.124. The molecule has 100 valence electrons. The first-order chi connectivity index (χ1) is 9.66. The highest BCUT2D eigenvalue weighted by molar-refractivity contribution is 9.11. The van der Waals surface area contributed by atoms with Crippen LogP contribution < -0.4 is 5.73 Å². The number of halogens is 2. The van der Waals surface area contributed by atoms with E-state index in [9.17, 15) is 0 Å². The van der Waals surface area contributed by atoms with Gasteiger partial charge in [-0.1, -0.05) is 74.3 Å². The molecule has 3 aromatic carbocycles. The summed E-state index contributed by atoms with van der Waals surface area (Å²) in [5.74, 6) is 0. The minimum atomic E-state index is -0.124. The molecule has 0 aliphatic rings. The average molecular weight is 391 g/mol. The summed E-state index contributed by atoms with van der Waals surface area (Å²) in [6.07, 6.45) is 0. The molecule has 2 N–H and O–H groups in total.